The number of anilines is 1. The standard InChI is InChI=1S/C15H22ClNO2/c1-10(2)5-4-6-11(3)17-14-9-12(16)7-8-13(14)15(18)19/h7-11,17H,4-6H2,1-3H3,(H,18,19). The first-order chi connectivity index (χ1) is 8.90. The Morgan fingerprint density at radius 1 is 1.32 bits per heavy atom. The summed E-state index contributed by atoms with van der Waals surface area (Å²) in [5.74, 6) is -0.235. The molecular formula is C15H22ClNO2. The lowest BCUT2D eigenvalue weighted by Gasteiger charge is -2.17. The van der Waals surface area contributed by atoms with Crippen LogP contribution >= 0.6 is 11.6 Å². The number of carboxylic acids is 1. The Hall–Kier alpha value is -1.22. The largest absolute Gasteiger partial charge is 0.478 e. The number of carbonyl (C=O) groups is 1. The van der Waals surface area contributed by atoms with Crippen molar-refractivity contribution < 1.29 is 9.90 Å². The van der Waals surface area contributed by atoms with Gasteiger partial charge in [0.25, 0.3) is 0 Å². The van der Waals surface area contributed by atoms with Gasteiger partial charge in [-0.2, -0.15) is 0 Å². The summed E-state index contributed by atoms with van der Waals surface area (Å²) in [5.41, 5.74) is 0.858. The van der Waals surface area contributed by atoms with E-state index in [1.807, 2.05) is 0 Å². The molecule has 106 valence electrons. The highest BCUT2D eigenvalue weighted by atomic mass is 35.5. The summed E-state index contributed by atoms with van der Waals surface area (Å²) in [6.07, 6.45) is 3.34. The highest BCUT2D eigenvalue weighted by Gasteiger charge is 2.12. The lowest BCUT2D eigenvalue weighted by atomic mass is 10.0. The molecule has 0 spiro atoms. The van der Waals surface area contributed by atoms with E-state index in [1.54, 1.807) is 12.1 Å². The minimum Gasteiger partial charge on any atom is -0.478 e. The third-order valence-corrected chi connectivity index (χ3v) is 3.27. The Kier molecular flexibility index (Phi) is 6.16. The Balaban J connectivity index is 2.65. The zero-order valence-corrected chi connectivity index (χ0v) is 12.5. The predicted molar refractivity (Wildman–Crippen MR) is 80.2 cm³/mol. The van der Waals surface area contributed by atoms with Crippen molar-refractivity contribution in [3.05, 3.63) is 28.8 Å². The molecule has 0 fully saturated rings. The van der Waals surface area contributed by atoms with Gasteiger partial charge in [0.2, 0.25) is 0 Å². The number of aromatic carboxylic acids is 1. The van der Waals surface area contributed by atoms with Crippen molar-refractivity contribution in [1.82, 2.24) is 0 Å². The molecule has 0 aliphatic carbocycles. The van der Waals surface area contributed by atoms with Gasteiger partial charge in [0.1, 0.15) is 0 Å². The van der Waals surface area contributed by atoms with Crippen molar-refractivity contribution in [3.8, 4) is 0 Å². The van der Waals surface area contributed by atoms with Crippen LogP contribution in [0.5, 0.6) is 0 Å². The van der Waals surface area contributed by atoms with E-state index in [0.29, 0.717) is 16.6 Å². The molecule has 0 aromatic heterocycles. The predicted octanol–water partition coefficient (Wildman–Crippen LogP) is 4.66. The average Bonchev–Trinajstić information content (AvgIpc) is 2.27. The second-order valence-corrected chi connectivity index (χ2v) is 5.80. The molecular weight excluding hydrogens is 262 g/mol. The minimum atomic E-state index is -0.937. The van der Waals surface area contributed by atoms with Gasteiger partial charge >= 0.3 is 5.97 Å². The first-order valence-corrected chi connectivity index (χ1v) is 7.07. The monoisotopic (exact) mass is 283 g/mol. The fourth-order valence-electron chi connectivity index (χ4n) is 1.99. The Bertz CT molecular complexity index is 432. The van der Waals surface area contributed by atoms with Crippen molar-refractivity contribution in [2.45, 2.75) is 46.1 Å². The molecule has 0 radical (unpaired) electrons. The molecule has 0 bridgehead atoms. The SMILES string of the molecule is CC(C)CCCC(C)Nc1cc(Cl)ccc1C(=O)O. The van der Waals surface area contributed by atoms with E-state index < -0.39 is 5.97 Å². The van der Waals surface area contributed by atoms with Crippen LogP contribution in [0.15, 0.2) is 18.2 Å². The smallest absolute Gasteiger partial charge is 0.337 e. The Morgan fingerprint density at radius 3 is 2.58 bits per heavy atom. The van der Waals surface area contributed by atoms with Crippen molar-refractivity contribution in [3.63, 3.8) is 0 Å². The van der Waals surface area contributed by atoms with Gasteiger partial charge in [-0.25, -0.2) is 4.79 Å². The second-order valence-electron chi connectivity index (χ2n) is 5.37. The van der Waals surface area contributed by atoms with E-state index in [0.717, 1.165) is 12.8 Å². The average molecular weight is 284 g/mol. The van der Waals surface area contributed by atoms with Gasteiger partial charge in [-0.3, -0.25) is 0 Å². The van der Waals surface area contributed by atoms with Crippen LogP contribution in [0.2, 0.25) is 5.02 Å². The van der Waals surface area contributed by atoms with Crippen molar-refractivity contribution >= 4 is 23.3 Å². The first-order valence-electron chi connectivity index (χ1n) is 6.69. The number of rotatable bonds is 7. The van der Waals surface area contributed by atoms with Crippen LogP contribution in [-0.4, -0.2) is 17.1 Å². The summed E-state index contributed by atoms with van der Waals surface area (Å²) in [6, 6.07) is 5.03. The van der Waals surface area contributed by atoms with Crippen LogP contribution in [0.3, 0.4) is 0 Å². The molecule has 0 amide bonds. The van der Waals surface area contributed by atoms with Crippen molar-refractivity contribution in [2.75, 3.05) is 5.32 Å². The topological polar surface area (TPSA) is 49.3 Å². The molecule has 1 rings (SSSR count). The zero-order valence-electron chi connectivity index (χ0n) is 11.7. The van der Waals surface area contributed by atoms with Gasteiger partial charge in [0.05, 0.1) is 11.3 Å². The fraction of sp³-hybridized carbons (Fsp3) is 0.533. The molecule has 0 heterocycles. The summed E-state index contributed by atoms with van der Waals surface area (Å²) >= 11 is 5.92. The minimum absolute atomic E-state index is 0.232. The normalized spacial score (nSPS) is 12.5. The molecule has 2 N–H and O–H groups in total. The molecule has 1 atom stereocenters. The van der Waals surface area contributed by atoms with Gasteiger partial charge in [0, 0.05) is 11.1 Å². The number of halogens is 1. The van der Waals surface area contributed by atoms with Gasteiger partial charge < -0.3 is 10.4 Å². The van der Waals surface area contributed by atoms with E-state index in [2.05, 4.69) is 26.1 Å². The number of nitrogens with one attached hydrogen (secondary N) is 1. The lowest BCUT2D eigenvalue weighted by Crippen LogP contribution is -2.17. The third-order valence-electron chi connectivity index (χ3n) is 3.03. The molecule has 19 heavy (non-hydrogen) atoms. The molecule has 1 unspecified atom stereocenters. The van der Waals surface area contributed by atoms with Crippen LogP contribution in [0, 0.1) is 5.92 Å². The maximum atomic E-state index is 11.1. The molecule has 1 aromatic rings. The van der Waals surface area contributed by atoms with E-state index >= 15 is 0 Å². The molecule has 0 saturated heterocycles. The molecule has 3 nitrogen and oxygen atoms in total. The highest BCUT2D eigenvalue weighted by Crippen LogP contribution is 2.23. The summed E-state index contributed by atoms with van der Waals surface area (Å²) in [4.78, 5) is 11.1. The molecule has 0 aliphatic rings. The fourth-order valence-corrected chi connectivity index (χ4v) is 2.16. The molecule has 1 aromatic carbocycles. The van der Waals surface area contributed by atoms with E-state index in [1.165, 1.54) is 12.5 Å². The van der Waals surface area contributed by atoms with Crippen LogP contribution in [-0.2, 0) is 0 Å². The molecule has 0 saturated carbocycles. The number of hydrogen-bond donors (Lipinski definition) is 2. The zero-order chi connectivity index (χ0) is 14.4. The molecule has 4 heteroatoms. The summed E-state index contributed by atoms with van der Waals surface area (Å²) in [5, 5.41) is 12.9. The quantitative estimate of drug-likeness (QED) is 0.765. The Morgan fingerprint density at radius 2 is 2.00 bits per heavy atom. The van der Waals surface area contributed by atoms with E-state index in [9.17, 15) is 4.79 Å². The lowest BCUT2D eigenvalue weighted by molar-refractivity contribution is 0.0698. The van der Waals surface area contributed by atoms with Crippen molar-refractivity contribution in [2.24, 2.45) is 5.92 Å². The number of hydrogen-bond acceptors (Lipinski definition) is 2. The van der Waals surface area contributed by atoms with Gasteiger partial charge in [0.15, 0.2) is 0 Å². The maximum absolute atomic E-state index is 11.1. The van der Waals surface area contributed by atoms with Crippen LogP contribution < -0.4 is 5.32 Å². The number of benzene rings is 1. The highest BCUT2D eigenvalue weighted by molar-refractivity contribution is 6.31. The van der Waals surface area contributed by atoms with Crippen LogP contribution in [0.25, 0.3) is 0 Å². The van der Waals surface area contributed by atoms with Gasteiger partial charge in [-0.15, -0.1) is 0 Å². The maximum Gasteiger partial charge on any atom is 0.337 e. The van der Waals surface area contributed by atoms with E-state index in [4.69, 9.17) is 16.7 Å². The summed E-state index contributed by atoms with van der Waals surface area (Å²) < 4.78 is 0. The second kappa shape index (κ2) is 7.39. The molecule has 0 aliphatic heterocycles. The van der Waals surface area contributed by atoms with E-state index in [-0.39, 0.29) is 11.6 Å². The first kappa shape index (κ1) is 15.8. The van der Waals surface area contributed by atoms with Crippen LogP contribution in [0.1, 0.15) is 50.4 Å². The van der Waals surface area contributed by atoms with Gasteiger partial charge in [-0.05, 0) is 37.5 Å². The Labute approximate surface area is 120 Å². The van der Waals surface area contributed by atoms with Crippen LogP contribution in [0.4, 0.5) is 5.69 Å². The summed E-state index contributed by atoms with van der Waals surface area (Å²) in [6.45, 7) is 6.47. The van der Waals surface area contributed by atoms with Crippen molar-refractivity contribution in [1.29, 1.82) is 0 Å². The van der Waals surface area contributed by atoms with Gasteiger partial charge in [-0.1, -0.05) is 38.3 Å². The summed E-state index contributed by atoms with van der Waals surface area (Å²) in [7, 11) is 0. The number of carboxylic acid groups (broad SMARTS) is 1. The third kappa shape index (κ3) is 5.52.